The third kappa shape index (κ3) is 6.60. The fourth-order valence-electron chi connectivity index (χ4n) is 1.89. The van der Waals surface area contributed by atoms with Crippen molar-refractivity contribution in [3.05, 3.63) is 30.1 Å². The number of rotatable bonds is 7. The molecule has 21 heavy (non-hydrogen) atoms. The first kappa shape index (κ1) is 17.5. The van der Waals surface area contributed by atoms with Crippen LogP contribution in [0.1, 0.15) is 39.3 Å². The van der Waals surface area contributed by atoms with Gasteiger partial charge in [0.25, 0.3) is 0 Å². The van der Waals surface area contributed by atoms with E-state index in [1.54, 1.807) is 14.2 Å². The Morgan fingerprint density at radius 1 is 1.33 bits per heavy atom. The molecule has 0 amide bonds. The van der Waals surface area contributed by atoms with Crippen LogP contribution >= 0.6 is 0 Å². The molecule has 0 aliphatic heterocycles. The number of allylic oxidation sites excluding steroid dienone is 1. The highest BCUT2D eigenvalue weighted by molar-refractivity contribution is 5.91. The molecule has 0 spiro atoms. The molecule has 0 bridgehead atoms. The monoisotopic (exact) mass is 295 g/mol. The standard InChI is InChI=1S/C16H25NO4/c1-16(2,3)21-14(18)11-12(13-7-6-10-17-13)8-9-15(19-4)20-5/h6-7,10-11,15,17H,8-9H2,1-5H3/b12-11-. The van der Waals surface area contributed by atoms with Crippen molar-refractivity contribution < 1.29 is 19.0 Å². The van der Waals surface area contributed by atoms with Crippen molar-refractivity contribution in [1.82, 2.24) is 4.98 Å². The lowest BCUT2D eigenvalue weighted by Gasteiger charge is -2.19. The van der Waals surface area contributed by atoms with Gasteiger partial charge in [-0.05, 0) is 44.9 Å². The normalized spacial score (nSPS) is 12.8. The minimum atomic E-state index is -0.504. The Labute approximate surface area is 126 Å². The van der Waals surface area contributed by atoms with Gasteiger partial charge in [0.1, 0.15) is 5.60 Å². The molecule has 0 aliphatic carbocycles. The van der Waals surface area contributed by atoms with Gasteiger partial charge in [-0.3, -0.25) is 0 Å². The van der Waals surface area contributed by atoms with Crippen molar-refractivity contribution in [3.63, 3.8) is 0 Å². The summed E-state index contributed by atoms with van der Waals surface area (Å²) in [6, 6.07) is 3.81. The number of esters is 1. The quantitative estimate of drug-likeness (QED) is 0.477. The first-order valence-electron chi connectivity index (χ1n) is 6.98. The van der Waals surface area contributed by atoms with E-state index < -0.39 is 5.60 Å². The Hall–Kier alpha value is -1.59. The second-order valence-corrected chi connectivity index (χ2v) is 5.73. The zero-order valence-electron chi connectivity index (χ0n) is 13.4. The van der Waals surface area contributed by atoms with E-state index in [1.807, 2.05) is 39.1 Å². The summed E-state index contributed by atoms with van der Waals surface area (Å²) in [6.45, 7) is 5.54. The lowest BCUT2D eigenvalue weighted by Crippen LogP contribution is -2.22. The fraction of sp³-hybridized carbons (Fsp3) is 0.562. The Balaban J connectivity index is 2.81. The predicted octanol–water partition coefficient (Wildman–Crippen LogP) is 3.14. The molecule has 1 rings (SSSR count). The average molecular weight is 295 g/mol. The van der Waals surface area contributed by atoms with E-state index in [0.717, 1.165) is 11.3 Å². The minimum Gasteiger partial charge on any atom is -0.457 e. The molecule has 1 heterocycles. The van der Waals surface area contributed by atoms with Crippen LogP contribution in [-0.4, -0.2) is 37.1 Å². The Bertz CT molecular complexity index is 453. The van der Waals surface area contributed by atoms with E-state index >= 15 is 0 Å². The Kier molecular flexibility index (Phi) is 6.65. The van der Waals surface area contributed by atoms with E-state index in [0.29, 0.717) is 12.8 Å². The topological polar surface area (TPSA) is 60.5 Å². The highest BCUT2D eigenvalue weighted by Gasteiger charge is 2.16. The van der Waals surface area contributed by atoms with Crippen LogP contribution in [0.4, 0.5) is 0 Å². The van der Waals surface area contributed by atoms with E-state index in [9.17, 15) is 4.79 Å². The molecule has 0 fully saturated rings. The lowest BCUT2D eigenvalue weighted by atomic mass is 10.1. The maximum atomic E-state index is 12.0. The number of nitrogens with one attached hydrogen (secondary N) is 1. The molecule has 0 aromatic carbocycles. The van der Waals surface area contributed by atoms with Crippen molar-refractivity contribution in [3.8, 4) is 0 Å². The van der Waals surface area contributed by atoms with Crippen molar-refractivity contribution in [2.45, 2.75) is 45.5 Å². The van der Waals surface area contributed by atoms with Crippen molar-refractivity contribution >= 4 is 11.5 Å². The highest BCUT2D eigenvalue weighted by atomic mass is 16.7. The number of H-pyrrole nitrogens is 1. The summed E-state index contributed by atoms with van der Waals surface area (Å²) in [7, 11) is 3.19. The first-order valence-corrected chi connectivity index (χ1v) is 6.98. The molecule has 1 aromatic heterocycles. The second-order valence-electron chi connectivity index (χ2n) is 5.73. The molecule has 118 valence electrons. The number of hydrogen-bond acceptors (Lipinski definition) is 4. The van der Waals surface area contributed by atoms with Crippen LogP contribution in [0.5, 0.6) is 0 Å². The molecule has 0 radical (unpaired) electrons. The van der Waals surface area contributed by atoms with E-state index in [1.165, 1.54) is 6.08 Å². The smallest absolute Gasteiger partial charge is 0.331 e. The van der Waals surface area contributed by atoms with Gasteiger partial charge < -0.3 is 19.2 Å². The lowest BCUT2D eigenvalue weighted by molar-refractivity contribution is -0.148. The Morgan fingerprint density at radius 2 is 2.00 bits per heavy atom. The van der Waals surface area contributed by atoms with Crippen molar-refractivity contribution in [1.29, 1.82) is 0 Å². The summed E-state index contributed by atoms with van der Waals surface area (Å²) in [5.74, 6) is -0.349. The molecule has 0 aliphatic rings. The van der Waals surface area contributed by atoms with E-state index in [-0.39, 0.29) is 12.3 Å². The maximum Gasteiger partial charge on any atom is 0.331 e. The largest absolute Gasteiger partial charge is 0.457 e. The van der Waals surface area contributed by atoms with Gasteiger partial charge in [0.05, 0.1) is 0 Å². The van der Waals surface area contributed by atoms with E-state index in [4.69, 9.17) is 14.2 Å². The SMILES string of the molecule is COC(CC/C(=C/C(=O)OC(C)(C)C)c1ccc[nH]1)OC. The van der Waals surface area contributed by atoms with Gasteiger partial charge in [0.2, 0.25) is 0 Å². The van der Waals surface area contributed by atoms with Gasteiger partial charge >= 0.3 is 5.97 Å². The summed E-state index contributed by atoms with van der Waals surface area (Å²) in [4.78, 5) is 15.1. The second kappa shape index (κ2) is 8.00. The number of carbonyl (C=O) groups is 1. The molecular formula is C16H25NO4. The molecule has 5 nitrogen and oxygen atoms in total. The Morgan fingerprint density at radius 3 is 2.48 bits per heavy atom. The van der Waals surface area contributed by atoms with Crippen LogP contribution in [0.3, 0.4) is 0 Å². The number of aromatic nitrogens is 1. The molecular weight excluding hydrogens is 270 g/mol. The summed E-state index contributed by atoms with van der Waals surface area (Å²) >= 11 is 0. The molecule has 0 atom stereocenters. The fourth-order valence-corrected chi connectivity index (χ4v) is 1.89. The van der Waals surface area contributed by atoms with Gasteiger partial charge in [-0.1, -0.05) is 0 Å². The van der Waals surface area contributed by atoms with Crippen LogP contribution in [0.15, 0.2) is 24.4 Å². The van der Waals surface area contributed by atoms with Crippen LogP contribution in [0.2, 0.25) is 0 Å². The van der Waals surface area contributed by atoms with Gasteiger partial charge in [-0.15, -0.1) is 0 Å². The first-order chi connectivity index (χ1) is 9.85. The number of methoxy groups -OCH3 is 2. The number of hydrogen-bond donors (Lipinski definition) is 1. The molecule has 1 aromatic rings. The zero-order chi connectivity index (χ0) is 15.9. The summed E-state index contributed by atoms with van der Waals surface area (Å²) < 4.78 is 15.7. The van der Waals surface area contributed by atoms with Crippen LogP contribution < -0.4 is 0 Å². The van der Waals surface area contributed by atoms with Gasteiger partial charge in [-0.25, -0.2) is 4.79 Å². The molecule has 5 heteroatoms. The third-order valence-corrected chi connectivity index (χ3v) is 2.82. The van der Waals surface area contributed by atoms with Crippen molar-refractivity contribution in [2.75, 3.05) is 14.2 Å². The molecule has 0 saturated heterocycles. The summed E-state index contributed by atoms with van der Waals surface area (Å²) in [5, 5.41) is 0. The van der Waals surface area contributed by atoms with E-state index in [2.05, 4.69) is 4.98 Å². The molecule has 0 saturated carbocycles. The van der Waals surface area contributed by atoms with Crippen LogP contribution in [-0.2, 0) is 19.0 Å². The summed E-state index contributed by atoms with van der Waals surface area (Å²) in [6.07, 6.45) is 4.36. The minimum absolute atomic E-state index is 0.290. The number of ether oxygens (including phenoxy) is 3. The summed E-state index contributed by atoms with van der Waals surface area (Å²) in [5.41, 5.74) is 1.26. The van der Waals surface area contributed by atoms with Crippen molar-refractivity contribution in [2.24, 2.45) is 0 Å². The predicted molar refractivity (Wildman–Crippen MR) is 81.7 cm³/mol. The van der Waals surface area contributed by atoms with Gasteiger partial charge in [0, 0.05) is 38.6 Å². The molecule has 0 unspecified atom stereocenters. The van der Waals surface area contributed by atoms with Crippen LogP contribution in [0.25, 0.3) is 5.57 Å². The highest BCUT2D eigenvalue weighted by Crippen LogP contribution is 2.21. The van der Waals surface area contributed by atoms with Crippen LogP contribution in [0, 0.1) is 0 Å². The number of carbonyl (C=O) groups excluding carboxylic acids is 1. The van der Waals surface area contributed by atoms with Gasteiger partial charge in [0.15, 0.2) is 6.29 Å². The number of aromatic amines is 1. The maximum absolute atomic E-state index is 12.0. The average Bonchev–Trinajstić information content (AvgIpc) is 2.90. The molecule has 1 N–H and O–H groups in total. The zero-order valence-corrected chi connectivity index (χ0v) is 13.4. The van der Waals surface area contributed by atoms with Gasteiger partial charge in [-0.2, -0.15) is 0 Å². The third-order valence-electron chi connectivity index (χ3n) is 2.82.